The van der Waals surface area contributed by atoms with Gasteiger partial charge >= 0.3 is 11.7 Å². The first kappa shape index (κ1) is 12.2. The van der Waals surface area contributed by atoms with E-state index in [9.17, 15) is 19.5 Å². The smallest absolute Gasteiger partial charge is 0.337 e. The van der Waals surface area contributed by atoms with E-state index in [4.69, 9.17) is 5.11 Å². The number of aliphatic carboxylic acids is 1. The lowest BCUT2D eigenvalue weighted by atomic mass is 10.1. The molecule has 7 nitrogen and oxygen atoms in total. The van der Waals surface area contributed by atoms with Crippen LogP contribution >= 0.6 is 0 Å². The van der Waals surface area contributed by atoms with Gasteiger partial charge in [-0.1, -0.05) is 0 Å². The van der Waals surface area contributed by atoms with Crippen molar-refractivity contribution in [3.63, 3.8) is 0 Å². The van der Waals surface area contributed by atoms with Crippen molar-refractivity contribution in [2.75, 3.05) is 0 Å². The fourth-order valence-electron chi connectivity index (χ4n) is 1.14. The Morgan fingerprint density at radius 1 is 1.56 bits per heavy atom. The third-order valence-corrected chi connectivity index (χ3v) is 2.13. The molecule has 0 amide bonds. The Kier molecular flexibility index (Phi) is 2.99. The Bertz CT molecular complexity index is 525. The molecular formula is C9H12N2O5. The highest BCUT2D eigenvalue weighted by Gasteiger charge is 2.30. The zero-order chi connectivity index (χ0) is 12.5. The molecule has 1 atom stereocenters. The molecule has 1 aromatic rings. The van der Waals surface area contributed by atoms with E-state index < -0.39 is 29.4 Å². The predicted molar refractivity (Wildman–Crippen MR) is 54.3 cm³/mol. The summed E-state index contributed by atoms with van der Waals surface area (Å²) in [6.07, 6.45) is 1.21. The highest BCUT2D eigenvalue weighted by atomic mass is 16.4. The summed E-state index contributed by atoms with van der Waals surface area (Å²) in [7, 11) is 0. The molecular weight excluding hydrogens is 216 g/mol. The van der Waals surface area contributed by atoms with Gasteiger partial charge in [-0.2, -0.15) is 0 Å². The molecule has 0 saturated carbocycles. The second-order valence-corrected chi connectivity index (χ2v) is 3.78. The molecule has 1 unspecified atom stereocenters. The first-order chi connectivity index (χ1) is 7.24. The third kappa shape index (κ3) is 2.37. The number of rotatable bonds is 3. The number of aryl methyl sites for hydroxylation is 1. The first-order valence-corrected chi connectivity index (χ1v) is 4.50. The average molecular weight is 228 g/mol. The van der Waals surface area contributed by atoms with E-state index >= 15 is 0 Å². The molecule has 1 heterocycles. The fraction of sp³-hybridized carbons (Fsp3) is 0.444. The van der Waals surface area contributed by atoms with Crippen molar-refractivity contribution in [3.8, 4) is 0 Å². The second kappa shape index (κ2) is 3.93. The molecule has 0 spiro atoms. The number of carbonyl (C=O) groups is 1. The molecule has 3 N–H and O–H groups in total. The Labute approximate surface area is 90.0 Å². The van der Waals surface area contributed by atoms with Gasteiger partial charge in [-0.3, -0.25) is 14.3 Å². The molecule has 0 saturated heterocycles. The Hall–Kier alpha value is -1.89. The van der Waals surface area contributed by atoms with E-state index in [0.29, 0.717) is 0 Å². The minimum Gasteiger partial charge on any atom is -0.479 e. The summed E-state index contributed by atoms with van der Waals surface area (Å²) in [6.45, 7) is 2.12. The quantitative estimate of drug-likeness (QED) is 0.594. The van der Waals surface area contributed by atoms with Gasteiger partial charge in [-0.15, -0.1) is 0 Å². The highest BCUT2D eigenvalue weighted by molar-refractivity contribution is 5.76. The number of carboxylic acids is 1. The van der Waals surface area contributed by atoms with Gasteiger partial charge in [0.05, 0.1) is 6.54 Å². The van der Waals surface area contributed by atoms with Crippen LogP contribution in [-0.2, 0) is 11.3 Å². The lowest BCUT2D eigenvalue weighted by Gasteiger charge is -2.18. The maximum atomic E-state index is 11.3. The van der Waals surface area contributed by atoms with Gasteiger partial charge in [0.2, 0.25) is 0 Å². The number of hydrogen-bond donors (Lipinski definition) is 3. The van der Waals surface area contributed by atoms with E-state index in [1.165, 1.54) is 13.1 Å². The zero-order valence-electron chi connectivity index (χ0n) is 8.85. The number of nitrogens with zero attached hydrogens (tertiary/aromatic N) is 1. The van der Waals surface area contributed by atoms with Crippen LogP contribution in [0.5, 0.6) is 0 Å². The van der Waals surface area contributed by atoms with Gasteiger partial charge in [0.25, 0.3) is 5.56 Å². The number of nitrogens with one attached hydrogen (secondary N) is 1. The topological polar surface area (TPSA) is 112 Å². The van der Waals surface area contributed by atoms with E-state index in [1.807, 2.05) is 4.98 Å². The van der Waals surface area contributed by atoms with Crippen LogP contribution in [0.1, 0.15) is 12.5 Å². The van der Waals surface area contributed by atoms with Crippen molar-refractivity contribution in [3.05, 3.63) is 32.6 Å². The van der Waals surface area contributed by atoms with Crippen LogP contribution < -0.4 is 11.2 Å². The number of H-pyrrole nitrogens is 1. The number of carboxylic acid groups (broad SMARTS) is 1. The van der Waals surface area contributed by atoms with Crippen molar-refractivity contribution in [1.29, 1.82) is 0 Å². The van der Waals surface area contributed by atoms with Gasteiger partial charge in [0, 0.05) is 11.8 Å². The van der Waals surface area contributed by atoms with Gasteiger partial charge in [0.1, 0.15) is 0 Å². The van der Waals surface area contributed by atoms with Crippen molar-refractivity contribution in [1.82, 2.24) is 9.55 Å². The first-order valence-electron chi connectivity index (χ1n) is 4.50. The van der Waals surface area contributed by atoms with E-state index in [-0.39, 0.29) is 5.56 Å². The maximum Gasteiger partial charge on any atom is 0.337 e. The largest absolute Gasteiger partial charge is 0.479 e. The molecule has 16 heavy (non-hydrogen) atoms. The molecule has 0 aliphatic heterocycles. The maximum absolute atomic E-state index is 11.3. The molecule has 0 fully saturated rings. The minimum absolute atomic E-state index is 0.265. The summed E-state index contributed by atoms with van der Waals surface area (Å²) in [5.41, 5.74) is -3.08. The van der Waals surface area contributed by atoms with Crippen LogP contribution in [0.25, 0.3) is 0 Å². The lowest BCUT2D eigenvalue weighted by molar-refractivity contribution is -0.158. The normalized spacial score (nSPS) is 14.4. The van der Waals surface area contributed by atoms with Gasteiger partial charge in [-0.25, -0.2) is 9.59 Å². The van der Waals surface area contributed by atoms with Crippen LogP contribution in [0.2, 0.25) is 0 Å². The summed E-state index contributed by atoms with van der Waals surface area (Å²) in [6, 6.07) is 0. The molecule has 0 aliphatic carbocycles. The van der Waals surface area contributed by atoms with Crippen molar-refractivity contribution in [2.24, 2.45) is 0 Å². The summed E-state index contributed by atoms with van der Waals surface area (Å²) >= 11 is 0. The summed E-state index contributed by atoms with van der Waals surface area (Å²) < 4.78 is 0.949. The Morgan fingerprint density at radius 3 is 2.62 bits per heavy atom. The monoisotopic (exact) mass is 228 g/mol. The molecule has 88 valence electrons. The summed E-state index contributed by atoms with van der Waals surface area (Å²) in [4.78, 5) is 35.0. The van der Waals surface area contributed by atoms with E-state index in [1.54, 1.807) is 0 Å². The van der Waals surface area contributed by atoms with Gasteiger partial charge in [-0.05, 0) is 13.8 Å². The molecule has 1 aromatic heterocycles. The average Bonchev–Trinajstić information content (AvgIpc) is 2.13. The summed E-state index contributed by atoms with van der Waals surface area (Å²) in [5.74, 6) is -1.44. The molecule has 0 radical (unpaired) electrons. The van der Waals surface area contributed by atoms with Crippen LogP contribution in [0.4, 0.5) is 0 Å². The molecule has 1 rings (SSSR count). The lowest BCUT2D eigenvalue weighted by Crippen LogP contribution is -2.43. The molecule has 0 aliphatic rings. The molecule has 0 aromatic carbocycles. The van der Waals surface area contributed by atoms with E-state index in [0.717, 1.165) is 11.5 Å². The van der Waals surface area contributed by atoms with Gasteiger partial charge in [0.15, 0.2) is 5.60 Å². The number of aromatic amines is 1. The molecule has 0 bridgehead atoms. The van der Waals surface area contributed by atoms with Crippen LogP contribution in [0.15, 0.2) is 15.8 Å². The van der Waals surface area contributed by atoms with Crippen molar-refractivity contribution in [2.45, 2.75) is 26.0 Å². The number of aromatic nitrogens is 2. The van der Waals surface area contributed by atoms with Crippen molar-refractivity contribution >= 4 is 5.97 Å². The minimum atomic E-state index is -2.06. The standard InChI is InChI=1S/C9H12N2O5/c1-5-3-11(8(15)10-6(5)12)4-9(2,16)7(13)14/h3,16H,4H2,1-2H3,(H,13,14)(H,10,12,15). The Morgan fingerprint density at radius 2 is 2.12 bits per heavy atom. The fourth-order valence-corrected chi connectivity index (χ4v) is 1.14. The van der Waals surface area contributed by atoms with Crippen LogP contribution in [0.3, 0.4) is 0 Å². The van der Waals surface area contributed by atoms with Crippen molar-refractivity contribution < 1.29 is 15.0 Å². The van der Waals surface area contributed by atoms with E-state index in [2.05, 4.69) is 0 Å². The predicted octanol–water partition coefficient (Wildman–Crippen LogP) is -1.32. The van der Waals surface area contributed by atoms with Crippen LogP contribution in [0, 0.1) is 6.92 Å². The Balaban J connectivity index is 3.17. The summed E-state index contributed by atoms with van der Waals surface area (Å²) in [5, 5.41) is 18.2. The number of aliphatic hydroxyl groups is 1. The van der Waals surface area contributed by atoms with Gasteiger partial charge < -0.3 is 10.2 Å². The third-order valence-electron chi connectivity index (χ3n) is 2.13. The van der Waals surface area contributed by atoms with Crippen LogP contribution in [-0.4, -0.2) is 31.3 Å². The SMILES string of the molecule is Cc1cn(CC(C)(O)C(=O)O)c(=O)[nH]c1=O. The number of hydrogen-bond acceptors (Lipinski definition) is 4. The zero-order valence-corrected chi connectivity index (χ0v) is 8.85. The second-order valence-electron chi connectivity index (χ2n) is 3.78. The molecule has 7 heteroatoms. The highest BCUT2D eigenvalue weighted by Crippen LogP contribution is 2.05.